The lowest BCUT2D eigenvalue weighted by atomic mass is 10.1. The van der Waals surface area contributed by atoms with E-state index in [9.17, 15) is 9.59 Å². The molecule has 1 unspecified atom stereocenters. The second kappa shape index (κ2) is 4.95. The lowest BCUT2D eigenvalue weighted by Crippen LogP contribution is -2.42. The van der Waals surface area contributed by atoms with Crippen LogP contribution in [0.25, 0.3) is 0 Å². The molecule has 0 aromatic heterocycles. The Kier molecular flexibility index (Phi) is 3.36. The van der Waals surface area contributed by atoms with Gasteiger partial charge in [-0.25, -0.2) is 4.79 Å². The van der Waals surface area contributed by atoms with E-state index in [2.05, 4.69) is 5.32 Å². The summed E-state index contributed by atoms with van der Waals surface area (Å²) in [4.78, 5) is 23.4. The number of amides is 2. The molecule has 96 valence electrons. The minimum atomic E-state index is -1.05. The van der Waals surface area contributed by atoms with E-state index in [0.29, 0.717) is 6.61 Å². The van der Waals surface area contributed by atoms with Crippen LogP contribution in [0.2, 0.25) is 0 Å². The number of nitrogens with zero attached hydrogens (tertiary/aromatic N) is 1. The van der Waals surface area contributed by atoms with Crippen molar-refractivity contribution in [2.45, 2.75) is 6.04 Å². The molecule has 6 heteroatoms. The molecule has 0 aliphatic carbocycles. The molecule has 0 fully saturated rings. The highest BCUT2D eigenvalue weighted by molar-refractivity contribution is 5.80. The van der Waals surface area contributed by atoms with Crippen LogP contribution in [-0.2, 0) is 4.79 Å². The van der Waals surface area contributed by atoms with Crippen molar-refractivity contribution in [3.63, 3.8) is 0 Å². The largest absolute Gasteiger partial charge is 0.491 e. The van der Waals surface area contributed by atoms with Crippen LogP contribution in [0.3, 0.4) is 0 Å². The number of rotatable bonds is 3. The van der Waals surface area contributed by atoms with Crippen LogP contribution in [0.1, 0.15) is 11.6 Å². The highest BCUT2D eigenvalue weighted by Crippen LogP contribution is 2.31. The number of ether oxygens (including phenoxy) is 1. The molecule has 1 aromatic carbocycles. The number of carboxylic acids is 1. The first-order chi connectivity index (χ1) is 8.58. The predicted molar refractivity (Wildman–Crippen MR) is 63.5 cm³/mol. The molecule has 1 heterocycles. The van der Waals surface area contributed by atoms with Crippen LogP contribution in [0.5, 0.6) is 5.75 Å². The Morgan fingerprint density at radius 3 is 2.94 bits per heavy atom. The molecule has 0 radical (unpaired) electrons. The number of likely N-dealkylation sites (N-methyl/N-ethyl adjacent to an activating group) is 1. The first kappa shape index (κ1) is 12.2. The van der Waals surface area contributed by atoms with E-state index in [1.807, 2.05) is 24.3 Å². The lowest BCUT2D eigenvalue weighted by molar-refractivity contribution is -0.137. The van der Waals surface area contributed by atoms with Gasteiger partial charge in [0.1, 0.15) is 18.9 Å². The number of benzene rings is 1. The molecule has 1 aliphatic rings. The Morgan fingerprint density at radius 2 is 2.22 bits per heavy atom. The van der Waals surface area contributed by atoms with Gasteiger partial charge < -0.3 is 20.1 Å². The fourth-order valence-electron chi connectivity index (χ4n) is 1.82. The fourth-order valence-corrected chi connectivity index (χ4v) is 1.82. The number of aliphatic carboxylic acids is 1. The van der Waals surface area contributed by atoms with Crippen LogP contribution in [0.15, 0.2) is 24.3 Å². The molecule has 2 N–H and O–H groups in total. The van der Waals surface area contributed by atoms with Gasteiger partial charge in [-0.1, -0.05) is 18.2 Å². The molecule has 1 aromatic rings. The van der Waals surface area contributed by atoms with Crippen LogP contribution < -0.4 is 10.1 Å². The van der Waals surface area contributed by atoms with E-state index < -0.39 is 12.0 Å². The summed E-state index contributed by atoms with van der Waals surface area (Å²) in [5, 5.41) is 11.3. The zero-order valence-electron chi connectivity index (χ0n) is 9.92. The van der Waals surface area contributed by atoms with Gasteiger partial charge in [0.05, 0.1) is 6.04 Å². The summed E-state index contributed by atoms with van der Waals surface area (Å²) in [6.07, 6.45) is 0. The molecule has 18 heavy (non-hydrogen) atoms. The van der Waals surface area contributed by atoms with Gasteiger partial charge in [0.25, 0.3) is 0 Å². The normalized spacial score (nSPS) is 16.6. The van der Waals surface area contributed by atoms with Gasteiger partial charge in [-0.15, -0.1) is 0 Å². The Labute approximate surface area is 104 Å². The molecule has 0 spiro atoms. The summed E-state index contributed by atoms with van der Waals surface area (Å²) in [7, 11) is 1.44. The van der Waals surface area contributed by atoms with Crippen molar-refractivity contribution in [2.75, 3.05) is 20.2 Å². The van der Waals surface area contributed by atoms with Gasteiger partial charge in [0.15, 0.2) is 0 Å². The van der Waals surface area contributed by atoms with E-state index in [-0.39, 0.29) is 12.6 Å². The summed E-state index contributed by atoms with van der Waals surface area (Å²) in [6, 6.07) is 6.79. The van der Waals surface area contributed by atoms with Crippen molar-refractivity contribution in [2.24, 2.45) is 0 Å². The molecule has 1 aliphatic heterocycles. The second-order valence-electron chi connectivity index (χ2n) is 4.10. The Hall–Kier alpha value is -2.24. The highest BCUT2D eigenvalue weighted by Gasteiger charge is 2.26. The maximum Gasteiger partial charge on any atom is 0.323 e. The molecule has 6 nitrogen and oxygen atoms in total. The summed E-state index contributed by atoms with van der Waals surface area (Å²) in [5.41, 5.74) is 0.912. The topological polar surface area (TPSA) is 78.9 Å². The first-order valence-electron chi connectivity index (χ1n) is 5.53. The van der Waals surface area contributed by atoms with Crippen LogP contribution in [0, 0.1) is 0 Å². The number of hydrogen-bond acceptors (Lipinski definition) is 3. The maximum atomic E-state index is 11.7. The molecular formula is C12H14N2O4. The minimum Gasteiger partial charge on any atom is -0.491 e. The van der Waals surface area contributed by atoms with E-state index in [1.165, 1.54) is 7.05 Å². The van der Waals surface area contributed by atoms with E-state index in [0.717, 1.165) is 16.2 Å². The standard InChI is InChI=1S/C12H14N2O4/c1-14(6-11(15)16)12(17)13-9-7-18-10-5-3-2-4-8(9)10/h2-5,9H,6-7H2,1H3,(H,13,17)(H,15,16). The lowest BCUT2D eigenvalue weighted by Gasteiger charge is -2.18. The predicted octanol–water partition coefficient (Wildman–Crippen LogP) is 0.846. The number of carbonyl (C=O) groups excluding carboxylic acids is 1. The highest BCUT2D eigenvalue weighted by atomic mass is 16.5. The van der Waals surface area contributed by atoms with Crippen molar-refractivity contribution in [3.8, 4) is 5.75 Å². The van der Waals surface area contributed by atoms with Gasteiger partial charge in [0.2, 0.25) is 0 Å². The van der Waals surface area contributed by atoms with Crippen molar-refractivity contribution in [1.29, 1.82) is 0 Å². The quantitative estimate of drug-likeness (QED) is 0.833. The van der Waals surface area contributed by atoms with Crippen LogP contribution >= 0.6 is 0 Å². The SMILES string of the molecule is CN(CC(=O)O)C(=O)NC1COc2ccccc21. The second-order valence-corrected chi connectivity index (χ2v) is 4.10. The Balaban J connectivity index is 1.99. The number of carboxylic acid groups (broad SMARTS) is 1. The van der Waals surface area contributed by atoms with E-state index >= 15 is 0 Å². The molecular weight excluding hydrogens is 236 g/mol. The maximum absolute atomic E-state index is 11.7. The first-order valence-corrected chi connectivity index (χ1v) is 5.53. The van der Waals surface area contributed by atoms with Crippen molar-refractivity contribution >= 4 is 12.0 Å². The van der Waals surface area contributed by atoms with E-state index in [4.69, 9.17) is 9.84 Å². The fraction of sp³-hybridized carbons (Fsp3) is 0.333. The number of urea groups is 1. The summed E-state index contributed by atoms with van der Waals surface area (Å²) in [6.45, 7) is 0.0348. The van der Waals surface area contributed by atoms with Crippen molar-refractivity contribution in [3.05, 3.63) is 29.8 Å². The number of nitrogens with one attached hydrogen (secondary N) is 1. The molecule has 1 atom stereocenters. The van der Waals surface area contributed by atoms with E-state index in [1.54, 1.807) is 0 Å². The van der Waals surface area contributed by atoms with Crippen molar-refractivity contribution < 1.29 is 19.4 Å². The zero-order chi connectivity index (χ0) is 13.1. The third-order valence-corrected chi connectivity index (χ3v) is 2.72. The third-order valence-electron chi connectivity index (χ3n) is 2.72. The van der Waals surface area contributed by atoms with Gasteiger partial charge >= 0.3 is 12.0 Å². The molecule has 2 amide bonds. The molecule has 0 saturated heterocycles. The van der Waals surface area contributed by atoms with Gasteiger partial charge in [-0.3, -0.25) is 4.79 Å². The molecule has 2 rings (SSSR count). The summed E-state index contributed by atoms with van der Waals surface area (Å²) >= 11 is 0. The molecule has 0 saturated carbocycles. The Bertz CT molecular complexity index is 475. The molecule has 0 bridgehead atoms. The van der Waals surface area contributed by atoms with Crippen LogP contribution in [-0.4, -0.2) is 42.2 Å². The Morgan fingerprint density at radius 1 is 1.50 bits per heavy atom. The summed E-state index contributed by atoms with van der Waals surface area (Å²) in [5.74, 6) is -0.292. The average molecular weight is 250 g/mol. The number of fused-ring (bicyclic) bond motifs is 1. The number of para-hydroxylation sites is 1. The summed E-state index contributed by atoms with van der Waals surface area (Å²) < 4.78 is 5.42. The number of carbonyl (C=O) groups is 2. The average Bonchev–Trinajstić information content (AvgIpc) is 2.72. The van der Waals surface area contributed by atoms with Crippen molar-refractivity contribution in [1.82, 2.24) is 10.2 Å². The van der Waals surface area contributed by atoms with Crippen LogP contribution in [0.4, 0.5) is 4.79 Å². The smallest absolute Gasteiger partial charge is 0.323 e. The third kappa shape index (κ3) is 2.53. The van der Waals surface area contributed by atoms with Gasteiger partial charge in [0, 0.05) is 12.6 Å². The van der Waals surface area contributed by atoms with Gasteiger partial charge in [-0.05, 0) is 6.07 Å². The van der Waals surface area contributed by atoms with Gasteiger partial charge in [-0.2, -0.15) is 0 Å². The zero-order valence-corrected chi connectivity index (χ0v) is 9.92. The number of hydrogen-bond donors (Lipinski definition) is 2. The minimum absolute atomic E-state index is 0.232. The monoisotopic (exact) mass is 250 g/mol.